The van der Waals surface area contributed by atoms with Crippen LogP contribution in [-0.4, -0.2) is 49.5 Å². The Morgan fingerprint density at radius 2 is 1.93 bits per heavy atom. The van der Waals surface area contributed by atoms with Crippen molar-refractivity contribution in [3.63, 3.8) is 0 Å². The number of nitrogens with zero attached hydrogens (tertiary/aromatic N) is 2. The minimum absolute atomic E-state index is 0.0382. The Kier molecular flexibility index (Phi) is 6.85. The van der Waals surface area contributed by atoms with E-state index in [1.165, 1.54) is 16.1 Å². The number of hydrogen-bond donors (Lipinski definition) is 1. The van der Waals surface area contributed by atoms with Gasteiger partial charge in [-0.1, -0.05) is 31.2 Å². The SMILES string of the molecule is CCc1ccc(-c2nc(CC(=O)NCC3CCN(S(C)(=O)=O)CC3)cs2)cc1. The maximum absolute atomic E-state index is 12.3. The van der Waals surface area contributed by atoms with Gasteiger partial charge in [-0.05, 0) is 30.7 Å². The Morgan fingerprint density at radius 1 is 1.25 bits per heavy atom. The van der Waals surface area contributed by atoms with E-state index in [1.54, 1.807) is 11.3 Å². The molecule has 0 unspecified atom stereocenters. The number of carbonyl (C=O) groups excluding carboxylic acids is 1. The average molecular weight is 422 g/mol. The molecule has 2 heterocycles. The summed E-state index contributed by atoms with van der Waals surface area (Å²) in [5, 5.41) is 5.84. The monoisotopic (exact) mass is 421 g/mol. The molecular formula is C20H27N3O3S2. The number of piperidine rings is 1. The van der Waals surface area contributed by atoms with Crippen molar-refractivity contribution >= 4 is 27.3 Å². The average Bonchev–Trinajstić information content (AvgIpc) is 3.14. The van der Waals surface area contributed by atoms with Gasteiger partial charge in [-0.2, -0.15) is 0 Å². The summed E-state index contributed by atoms with van der Waals surface area (Å²) in [5.41, 5.74) is 3.15. The van der Waals surface area contributed by atoms with Crippen LogP contribution in [-0.2, 0) is 27.7 Å². The third kappa shape index (κ3) is 5.62. The molecule has 6 nitrogen and oxygen atoms in total. The predicted molar refractivity (Wildman–Crippen MR) is 113 cm³/mol. The number of carbonyl (C=O) groups is 1. The summed E-state index contributed by atoms with van der Waals surface area (Å²) in [6, 6.07) is 8.37. The van der Waals surface area contributed by atoms with Crippen LogP contribution in [0.3, 0.4) is 0 Å². The summed E-state index contributed by atoms with van der Waals surface area (Å²) in [6.07, 6.45) is 4.09. The molecule has 28 heavy (non-hydrogen) atoms. The number of benzene rings is 1. The highest BCUT2D eigenvalue weighted by molar-refractivity contribution is 7.88. The molecule has 0 saturated carbocycles. The van der Waals surface area contributed by atoms with E-state index in [2.05, 4.69) is 41.5 Å². The van der Waals surface area contributed by atoms with Crippen molar-refractivity contribution in [2.75, 3.05) is 25.9 Å². The van der Waals surface area contributed by atoms with Crippen LogP contribution in [0.2, 0.25) is 0 Å². The summed E-state index contributed by atoms with van der Waals surface area (Å²) in [4.78, 5) is 16.8. The van der Waals surface area contributed by atoms with Crippen molar-refractivity contribution < 1.29 is 13.2 Å². The normalized spacial score (nSPS) is 16.2. The first-order valence-electron chi connectivity index (χ1n) is 9.60. The Balaban J connectivity index is 1.46. The third-order valence-corrected chi connectivity index (χ3v) is 7.38. The molecule has 0 spiro atoms. The molecular weight excluding hydrogens is 394 g/mol. The second kappa shape index (κ2) is 9.15. The molecule has 2 aromatic rings. The number of aryl methyl sites for hydroxylation is 1. The topological polar surface area (TPSA) is 79.4 Å². The molecule has 0 atom stereocenters. The van der Waals surface area contributed by atoms with Crippen LogP contribution in [0.5, 0.6) is 0 Å². The fourth-order valence-electron chi connectivity index (χ4n) is 3.33. The largest absolute Gasteiger partial charge is 0.355 e. The number of nitrogens with one attached hydrogen (secondary N) is 1. The van der Waals surface area contributed by atoms with Crippen molar-refractivity contribution in [2.24, 2.45) is 5.92 Å². The van der Waals surface area contributed by atoms with Crippen molar-refractivity contribution in [3.8, 4) is 10.6 Å². The van der Waals surface area contributed by atoms with Crippen LogP contribution in [0, 0.1) is 5.92 Å². The van der Waals surface area contributed by atoms with Gasteiger partial charge in [0.2, 0.25) is 15.9 Å². The molecule has 1 aliphatic heterocycles. The number of sulfonamides is 1. The molecule has 1 aromatic heterocycles. The predicted octanol–water partition coefficient (Wildman–Crippen LogP) is 2.70. The number of amides is 1. The fraction of sp³-hybridized carbons (Fsp3) is 0.500. The third-order valence-electron chi connectivity index (χ3n) is 5.13. The second-order valence-electron chi connectivity index (χ2n) is 7.28. The minimum Gasteiger partial charge on any atom is -0.355 e. The Bertz CT molecular complexity index is 899. The smallest absolute Gasteiger partial charge is 0.226 e. The van der Waals surface area contributed by atoms with E-state index in [9.17, 15) is 13.2 Å². The lowest BCUT2D eigenvalue weighted by atomic mass is 9.98. The molecule has 152 valence electrons. The zero-order chi connectivity index (χ0) is 20.1. The molecule has 1 aliphatic rings. The highest BCUT2D eigenvalue weighted by atomic mass is 32.2. The number of hydrogen-bond acceptors (Lipinski definition) is 5. The number of thiazole rings is 1. The van der Waals surface area contributed by atoms with Crippen LogP contribution in [0.1, 0.15) is 31.0 Å². The van der Waals surface area contributed by atoms with E-state index in [-0.39, 0.29) is 12.3 Å². The van der Waals surface area contributed by atoms with Gasteiger partial charge in [0, 0.05) is 30.6 Å². The number of aromatic nitrogens is 1. The molecule has 0 bridgehead atoms. The molecule has 1 fully saturated rings. The van der Waals surface area contributed by atoms with Crippen LogP contribution < -0.4 is 5.32 Å². The highest BCUT2D eigenvalue weighted by Gasteiger charge is 2.25. The standard InChI is InChI=1S/C20H27N3O3S2/c1-3-15-4-6-17(7-5-15)20-22-18(14-27-20)12-19(24)21-13-16-8-10-23(11-9-16)28(2,25)26/h4-7,14,16H,3,8-13H2,1-2H3,(H,21,24). The maximum Gasteiger partial charge on any atom is 0.226 e. The zero-order valence-electron chi connectivity index (χ0n) is 16.3. The van der Waals surface area contributed by atoms with Crippen LogP contribution in [0.15, 0.2) is 29.6 Å². The van der Waals surface area contributed by atoms with Crippen molar-refractivity contribution in [2.45, 2.75) is 32.6 Å². The van der Waals surface area contributed by atoms with Gasteiger partial charge in [0.05, 0.1) is 18.4 Å². The van der Waals surface area contributed by atoms with Gasteiger partial charge >= 0.3 is 0 Å². The first-order chi connectivity index (χ1) is 13.3. The van der Waals surface area contributed by atoms with Gasteiger partial charge < -0.3 is 5.32 Å². The fourth-order valence-corrected chi connectivity index (χ4v) is 5.03. The Hall–Kier alpha value is -1.77. The molecule has 1 N–H and O–H groups in total. The van der Waals surface area contributed by atoms with E-state index >= 15 is 0 Å². The molecule has 3 rings (SSSR count). The molecule has 0 aliphatic carbocycles. The van der Waals surface area contributed by atoms with E-state index in [0.29, 0.717) is 25.6 Å². The summed E-state index contributed by atoms with van der Waals surface area (Å²) in [5.74, 6) is 0.286. The zero-order valence-corrected chi connectivity index (χ0v) is 18.0. The molecule has 1 aromatic carbocycles. The Labute approximate surface area is 171 Å². The summed E-state index contributed by atoms with van der Waals surface area (Å²) in [7, 11) is -3.11. The molecule has 0 radical (unpaired) electrons. The van der Waals surface area contributed by atoms with Gasteiger partial charge in [0.1, 0.15) is 5.01 Å². The Morgan fingerprint density at radius 3 is 2.54 bits per heavy atom. The maximum atomic E-state index is 12.3. The van der Waals surface area contributed by atoms with Gasteiger partial charge in [-0.3, -0.25) is 4.79 Å². The van der Waals surface area contributed by atoms with Crippen molar-refractivity contribution in [1.29, 1.82) is 0 Å². The highest BCUT2D eigenvalue weighted by Crippen LogP contribution is 2.24. The lowest BCUT2D eigenvalue weighted by Crippen LogP contribution is -2.41. The summed E-state index contributed by atoms with van der Waals surface area (Å²) >= 11 is 1.55. The van der Waals surface area contributed by atoms with Gasteiger partial charge in [0.25, 0.3) is 0 Å². The molecule has 1 amide bonds. The van der Waals surface area contributed by atoms with Gasteiger partial charge in [-0.25, -0.2) is 17.7 Å². The van der Waals surface area contributed by atoms with E-state index in [1.807, 2.05) is 5.38 Å². The molecule has 8 heteroatoms. The van der Waals surface area contributed by atoms with E-state index in [0.717, 1.165) is 35.5 Å². The quantitative estimate of drug-likeness (QED) is 0.745. The van der Waals surface area contributed by atoms with Crippen LogP contribution >= 0.6 is 11.3 Å². The van der Waals surface area contributed by atoms with E-state index < -0.39 is 10.0 Å². The minimum atomic E-state index is -3.11. The first-order valence-corrected chi connectivity index (χ1v) is 12.3. The van der Waals surface area contributed by atoms with Gasteiger partial charge in [0.15, 0.2) is 0 Å². The lowest BCUT2D eigenvalue weighted by Gasteiger charge is -2.30. The summed E-state index contributed by atoms with van der Waals surface area (Å²) < 4.78 is 24.6. The molecule has 1 saturated heterocycles. The number of rotatable bonds is 7. The first kappa shape index (κ1) is 21.0. The summed E-state index contributed by atoms with van der Waals surface area (Å²) in [6.45, 7) is 3.79. The van der Waals surface area contributed by atoms with Crippen LogP contribution in [0.25, 0.3) is 10.6 Å². The van der Waals surface area contributed by atoms with Gasteiger partial charge in [-0.15, -0.1) is 11.3 Å². The van der Waals surface area contributed by atoms with Crippen LogP contribution in [0.4, 0.5) is 0 Å². The van der Waals surface area contributed by atoms with Crippen molar-refractivity contribution in [3.05, 3.63) is 40.9 Å². The lowest BCUT2D eigenvalue weighted by molar-refractivity contribution is -0.120. The van der Waals surface area contributed by atoms with Crippen molar-refractivity contribution in [1.82, 2.24) is 14.6 Å². The van der Waals surface area contributed by atoms with E-state index in [4.69, 9.17) is 0 Å². The second-order valence-corrected chi connectivity index (χ2v) is 10.1.